The number of nitrogens with zero attached hydrogens (tertiary/aromatic N) is 1. The van der Waals surface area contributed by atoms with Crippen molar-refractivity contribution in [2.75, 3.05) is 5.75 Å². The number of rotatable bonds is 6. The molecule has 90 valence electrons. The van der Waals surface area contributed by atoms with Gasteiger partial charge in [-0.05, 0) is 24.7 Å². The van der Waals surface area contributed by atoms with Crippen molar-refractivity contribution in [3.8, 4) is 0 Å². The van der Waals surface area contributed by atoms with Crippen LogP contribution in [-0.2, 0) is 16.6 Å². The molecule has 1 aliphatic carbocycles. The van der Waals surface area contributed by atoms with Gasteiger partial charge in [0.05, 0.1) is 23.5 Å². The van der Waals surface area contributed by atoms with Crippen LogP contribution in [0, 0.1) is 11.8 Å². The monoisotopic (exact) mass is 260 g/mol. The molecule has 0 amide bonds. The molecule has 1 aromatic rings. The zero-order valence-corrected chi connectivity index (χ0v) is 10.9. The molecule has 1 aliphatic rings. The van der Waals surface area contributed by atoms with E-state index in [4.69, 9.17) is 0 Å². The van der Waals surface area contributed by atoms with E-state index in [0.29, 0.717) is 12.5 Å². The van der Waals surface area contributed by atoms with E-state index < -0.39 is 10.0 Å². The topological polar surface area (TPSA) is 59.1 Å². The lowest BCUT2D eigenvalue weighted by atomic mass is 10.1. The summed E-state index contributed by atoms with van der Waals surface area (Å²) < 4.78 is 26.1. The second-order valence-corrected chi connectivity index (χ2v) is 6.97. The number of hydrogen-bond donors (Lipinski definition) is 1. The number of thiazole rings is 1. The molecule has 1 atom stereocenters. The molecule has 16 heavy (non-hydrogen) atoms. The first-order chi connectivity index (χ1) is 7.57. The van der Waals surface area contributed by atoms with Crippen molar-refractivity contribution in [3.63, 3.8) is 0 Å². The summed E-state index contributed by atoms with van der Waals surface area (Å²) in [5, 5.41) is 1.85. The summed E-state index contributed by atoms with van der Waals surface area (Å²) in [7, 11) is -3.15. The summed E-state index contributed by atoms with van der Waals surface area (Å²) in [6.45, 7) is 2.32. The predicted octanol–water partition coefficient (Wildman–Crippen LogP) is 1.61. The summed E-state index contributed by atoms with van der Waals surface area (Å²) in [6, 6.07) is 0. The van der Waals surface area contributed by atoms with Gasteiger partial charge in [-0.25, -0.2) is 18.1 Å². The Balaban J connectivity index is 1.82. The maximum absolute atomic E-state index is 11.7. The van der Waals surface area contributed by atoms with Crippen molar-refractivity contribution in [1.82, 2.24) is 9.71 Å². The Morgan fingerprint density at radius 3 is 2.94 bits per heavy atom. The molecule has 0 aliphatic heterocycles. The molecule has 6 heteroatoms. The molecule has 1 heterocycles. The minimum atomic E-state index is -3.15. The van der Waals surface area contributed by atoms with Crippen molar-refractivity contribution in [2.24, 2.45) is 11.8 Å². The van der Waals surface area contributed by atoms with Crippen molar-refractivity contribution >= 4 is 21.4 Å². The van der Waals surface area contributed by atoms with Gasteiger partial charge in [-0.1, -0.05) is 6.92 Å². The number of hydrogen-bond acceptors (Lipinski definition) is 4. The van der Waals surface area contributed by atoms with Gasteiger partial charge in [-0.2, -0.15) is 0 Å². The van der Waals surface area contributed by atoms with Crippen LogP contribution in [-0.4, -0.2) is 19.2 Å². The highest BCUT2D eigenvalue weighted by Crippen LogP contribution is 2.36. The summed E-state index contributed by atoms with van der Waals surface area (Å²) in [4.78, 5) is 4.04. The van der Waals surface area contributed by atoms with E-state index in [2.05, 4.69) is 9.71 Å². The molecule has 0 bridgehead atoms. The maximum Gasteiger partial charge on any atom is 0.212 e. The van der Waals surface area contributed by atoms with Gasteiger partial charge in [-0.15, -0.1) is 11.3 Å². The summed E-state index contributed by atoms with van der Waals surface area (Å²) >= 11 is 1.47. The van der Waals surface area contributed by atoms with E-state index in [1.165, 1.54) is 24.2 Å². The van der Waals surface area contributed by atoms with Crippen LogP contribution in [0.4, 0.5) is 0 Å². The lowest BCUT2D eigenvalue weighted by Crippen LogP contribution is -2.29. The quantitative estimate of drug-likeness (QED) is 0.845. The average Bonchev–Trinajstić information content (AvgIpc) is 2.93. The molecule has 0 spiro atoms. The van der Waals surface area contributed by atoms with Gasteiger partial charge in [-0.3, -0.25) is 0 Å². The zero-order valence-electron chi connectivity index (χ0n) is 9.22. The first-order valence-corrected chi connectivity index (χ1v) is 8.01. The molecule has 0 aromatic carbocycles. The van der Waals surface area contributed by atoms with Gasteiger partial charge >= 0.3 is 0 Å². The maximum atomic E-state index is 11.7. The van der Waals surface area contributed by atoms with Crippen molar-refractivity contribution in [1.29, 1.82) is 0 Å². The van der Waals surface area contributed by atoms with Crippen molar-refractivity contribution in [3.05, 3.63) is 16.6 Å². The Kier molecular flexibility index (Phi) is 3.61. The molecule has 1 aromatic heterocycles. The molecular formula is C10H16N2O2S2. The van der Waals surface area contributed by atoms with Gasteiger partial charge in [0.1, 0.15) is 0 Å². The third-order valence-corrected chi connectivity index (χ3v) is 5.05. The second kappa shape index (κ2) is 4.81. The highest BCUT2D eigenvalue weighted by atomic mass is 32.2. The van der Waals surface area contributed by atoms with Crippen LogP contribution in [0.1, 0.15) is 25.5 Å². The van der Waals surface area contributed by atoms with Crippen LogP contribution < -0.4 is 4.72 Å². The lowest BCUT2D eigenvalue weighted by molar-refractivity contribution is 0.527. The molecule has 4 nitrogen and oxygen atoms in total. The van der Waals surface area contributed by atoms with E-state index in [1.807, 2.05) is 12.3 Å². The highest BCUT2D eigenvalue weighted by molar-refractivity contribution is 7.89. The van der Waals surface area contributed by atoms with E-state index in [-0.39, 0.29) is 11.7 Å². The van der Waals surface area contributed by atoms with E-state index in [1.54, 1.807) is 5.51 Å². The van der Waals surface area contributed by atoms with Gasteiger partial charge in [0, 0.05) is 5.38 Å². The van der Waals surface area contributed by atoms with Crippen LogP contribution in [0.15, 0.2) is 10.9 Å². The average molecular weight is 260 g/mol. The van der Waals surface area contributed by atoms with Gasteiger partial charge in [0.2, 0.25) is 10.0 Å². The Labute approximate surface area is 100 Å². The van der Waals surface area contributed by atoms with E-state index >= 15 is 0 Å². The number of nitrogens with one attached hydrogen (secondary N) is 1. The van der Waals surface area contributed by atoms with Crippen LogP contribution in [0.3, 0.4) is 0 Å². The van der Waals surface area contributed by atoms with Crippen molar-refractivity contribution < 1.29 is 8.42 Å². The SMILES string of the molecule is CC(CS(=O)(=O)NCc1cscn1)C1CC1. The summed E-state index contributed by atoms with van der Waals surface area (Å²) in [5.41, 5.74) is 2.49. The number of aromatic nitrogens is 1. The molecular weight excluding hydrogens is 244 g/mol. The van der Waals surface area contributed by atoms with E-state index in [9.17, 15) is 8.42 Å². The largest absolute Gasteiger partial charge is 0.248 e. The van der Waals surface area contributed by atoms with E-state index in [0.717, 1.165) is 5.69 Å². The zero-order chi connectivity index (χ0) is 11.6. The first-order valence-electron chi connectivity index (χ1n) is 5.41. The first kappa shape index (κ1) is 12.0. The molecule has 1 saturated carbocycles. The fourth-order valence-electron chi connectivity index (χ4n) is 1.72. The molecule has 0 saturated heterocycles. The summed E-state index contributed by atoms with van der Waals surface area (Å²) in [5.74, 6) is 1.13. The van der Waals surface area contributed by atoms with Gasteiger partial charge in [0.15, 0.2) is 0 Å². The lowest BCUT2D eigenvalue weighted by Gasteiger charge is -2.10. The molecule has 1 N–H and O–H groups in total. The Bertz CT molecular complexity index is 424. The third kappa shape index (κ3) is 3.54. The van der Waals surface area contributed by atoms with Crippen LogP contribution in [0.2, 0.25) is 0 Å². The second-order valence-electron chi connectivity index (χ2n) is 4.40. The minimum absolute atomic E-state index is 0.238. The predicted molar refractivity (Wildman–Crippen MR) is 64.6 cm³/mol. The van der Waals surface area contributed by atoms with Crippen LogP contribution in [0.25, 0.3) is 0 Å². The van der Waals surface area contributed by atoms with Crippen LogP contribution in [0.5, 0.6) is 0 Å². The van der Waals surface area contributed by atoms with Gasteiger partial charge < -0.3 is 0 Å². The Hall–Kier alpha value is -0.460. The smallest absolute Gasteiger partial charge is 0.212 e. The van der Waals surface area contributed by atoms with Crippen LogP contribution >= 0.6 is 11.3 Å². The minimum Gasteiger partial charge on any atom is -0.248 e. The fourth-order valence-corrected chi connectivity index (χ4v) is 3.72. The normalized spacial score (nSPS) is 18.6. The molecule has 0 radical (unpaired) electrons. The van der Waals surface area contributed by atoms with Crippen molar-refractivity contribution in [2.45, 2.75) is 26.3 Å². The summed E-state index contributed by atoms with van der Waals surface area (Å²) in [6.07, 6.45) is 2.37. The fraction of sp³-hybridized carbons (Fsp3) is 0.700. The Morgan fingerprint density at radius 1 is 1.62 bits per heavy atom. The standard InChI is InChI=1S/C10H16N2O2S2/c1-8(9-2-3-9)6-16(13,14)12-4-10-5-15-7-11-10/h5,7-9,12H,2-4,6H2,1H3. The van der Waals surface area contributed by atoms with Gasteiger partial charge in [0.25, 0.3) is 0 Å². The molecule has 1 unspecified atom stereocenters. The highest BCUT2D eigenvalue weighted by Gasteiger charge is 2.30. The third-order valence-electron chi connectivity index (χ3n) is 2.87. The Morgan fingerprint density at radius 2 is 2.38 bits per heavy atom. The molecule has 1 fully saturated rings. The molecule has 2 rings (SSSR count). The number of sulfonamides is 1.